The van der Waals surface area contributed by atoms with Gasteiger partial charge in [-0.1, -0.05) is 31.6 Å². The third kappa shape index (κ3) is 9.46. The first-order valence-electron chi connectivity index (χ1n) is 5.87. The molecule has 0 spiro atoms. The summed E-state index contributed by atoms with van der Waals surface area (Å²) < 4.78 is 0. The normalized spacial score (nSPS) is 10.6. The molecule has 3 nitrogen and oxygen atoms in total. The summed E-state index contributed by atoms with van der Waals surface area (Å²) >= 11 is 0. The Morgan fingerprint density at radius 1 is 1.31 bits per heavy atom. The third-order valence-corrected chi connectivity index (χ3v) is 2.16. The number of nitrogens with one attached hydrogen (secondary N) is 1. The highest BCUT2D eigenvalue weighted by molar-refractivity contribution is 5.91. The second kappa shape index (κ2) is 10.4. The van der Waals surface area contributed by atoms with Crippen molar-refractivity contribution >= 4 is 5.91 Å². The molecule has 0 unspecified atom stereocenters. The summed E-state index contributed by atoms with van der Waals surface area (Å²) in [6.07, 6.45) is 9.97. The summed E-state index contributed by atoms with van der Waals surface area (Å²) in [5, 5.41) is 0. The van der Waals surface area contributed by atoms with E-state index < -0.39 is 0 Å². The van der Waals surface area contributed by atoms with Crippen molar-refractivity contribution in [2.45, 2.75) is 46.0 Å². The molecular weight excluding hydrogens is 202 g/mol. The molecule has 0 rings (SSSR count). The van der Waals surface area contributed by atoms with Gasteiger partial charge in [-0.05, 0) is 33.1 Å². The van der Waals surface area contributed by atoms with Crippen LogP contribution in [0, 0.1) is 0 Å². The molecule has 0 radical (unpaired) electrons. The molecule has 0 aliphatic heterocycles. The predicted molar refractivity (Wildman–Crippen MR) is 66.8 cm³/mol. The van der Waals surface area contributed by atoms with Gasteiger partial charge in [0.05, 0.1) is 6.61 Å². The van der Waals surface area contributed by atoms with Gasteiger partial charge in [-0.15, -0.1) is 0 Å². The monoisotopic (exact) mass is 225 g/mol. The molecule has 1 N–H and O–H groups in total. The highest BCUT2D eigenvalue weighted by Crippen LogP contribution is 2.03. The number of amides is 1. The minimum atomic E-state index is -0.243. The second-order valence-corrected chi connectivity index (χ2v) is 3.83. The van der Waals surface area contributed by atoms with E-state index >= 15 is 0 Å². The SMILES string of the molecule is C=C(C)C(=O)NOCCCCCC/C=C/C. The minimum absolute atomic E-state index is 0.243. The zero-order valence-electron chi connectivity index (χ0n) is 10.4. The Balaban J connectivity index is 3.15. The summed E-state index contributed by atoms with van der Waals surface area (Å²) in [6, 6.07) is 0. The van der Waals surface area contributed by atoms with Gasteiger partial charge in [0, 0.05) is 5.57 Å². The highest BCUT2D eigenvalue weighted by atomic mass is 16.6. The fourth-order valence-electron chi connectivity index (χ4n) is 1.16. The van der Waals surface area contributed by atoms with Crippen LogP contribution in [0.3, 0.4) is 0 Å². The topological polar surface area (TPSA) is 38.3 Å². The first-order valence-corrected chi connectivity index (χ1v) is 5.87. The van der Waals surface area contributed by atoms with Crippen LogP contribution in [0.25, 0.3) is 0 Å². The lowest BCUT2D eigenvalue weighted by molar-refractivity contribution is -0.129. The second-order valence-electron chi connectivity index (χ2n) is 3.83. The number of hydrogen-bond donors (Lipinski definition) is 1. The molecule has 0 saturated heterocycles. The smallest absolute Gasteiger partial charge is 0.269 e. The molecule has 0 bridgehead atoms. The zero-order chi connectivity index (χ0) is 12.2. The van der Waals surface area contributed by atoms with Gasteiger partial charge in [0.15, 0.2) is 0 Å². The van der Waals surface area contributed by atoms with Gasteiger partial charge >= 0.3 is 0 Å². The number of rotatable bonds is 9. The molecule has 0 aliphatic rings. The number of hydrogen-bond acceptors (Lipinski definition) is 2. The van der Waals surface area contributed by atoms with E-state index in [1.165, 1.54) is 12.8 Å². The van der Waals surface area contributed by atoms with Crippen LogP contribution in [0.1, 0.15) is 46.0 Å². The van der Waals surface area contributed by atoms with Crippen molar-refractivity contribution in [3.05, 3.63) is 24.3 Å². The molecule has 0 fully saturated rings. The number of allylic oxidation sites excluding steroid dienone is 2. The molecule has 3 heteroatoms. The number of carbonyl (C=O) groups is 1. The largest absolute Gasteiger partial charge is 0.273 e. The lowest BCUT2D eigenvalue weighted by atomic mass is 10.1. The van der Waals surface area contributed by atoms with Gasteiger partial charge in [-0.3, -0.25) is 9.63 Å². The fraction of sp³-hybridized carbons (Fsp3) is 0.615. The lowest BCUT2D eigenvalue weighted by Gasteiger charge is -2.04. The van der Waals surface area contributed by atoms with Crippen LogP contribution in [0.5, 0.6) is 0 Å². The van der Waals surface area contributed by atoms with Crippen molar-refractivity contribution in [3.8, 4) is 0 Å². The van der Waals surface area contributed by atoms with Crippen molar-refractivity contribution < 1.29 is 9.63 Å². The highest BCUT2D eigenvalue weighted by Gasteiger charge is 1.99. The standard InChI is InChI=1S/C13H23NO2/c1-4-5-6-7-8-9-10-11-16-14-13(15)12(2)3/h4-5H,2,6-11H2,1,3H3,(H,14,15)/b5-4+. The molecule has 1 amide bonds. The fourth-order valence-corrected chi connectivity index (χ4v) is 1.16. The van der Waals surface area contributed by atoms with Gasteiger partial charge in [-0.2, -0.15) is 0 Å². The number of unbranched alkanes of at least 4 members (excludes halogenated alkanes) is 4. The van der Waals surface area contributed by atoms with Crippen LogP contribution in [0.4, 0.5) is 0 Å². The van der Waals surface area contributed by atoms with Crippen LogP contribution in [-0.4, -0.2) is 12.5 Å². The van der Waals surface area contributed by atoms with E-state index in [4.69, 9.17) is 4.84 Å². The Hall–Kier alpha value is -1.09. The van der Waals surface area contributed by atoms with E-state index in [1.54, 1.807) is 6.92 Å². The first-order chi connectivity index (χ1) is 7.68. The van der Waals surface area contributed by atoms with Gasteiger partial charge in [0.1, 0.15) is 0 Å². The third-order valence-electron chi connectivity index (χ3n) is 2.16. The Bertz CT molecular complexity index is 234. The first kappa shape index (κ1) is 14.9. The Morgan fingerprint density at radius 3 is 2.62 bits per heavy atom. The van der Waals surface area contributed by atoms with Crippen LogP contribution >= 0.6 is 0 Å². The van der Waals surface area contributed by atoms with E-state index in [0.717, 1.165) is 19.3 Å². The molecule has 0 aromatic carbocycles. The zero-order valence-corrected chi connectivity index (χ0v) is 10.4. The van der Waals surface area contributed by atoms with E-state index in [1.807, 2.05) is 6.92 Å². The van der Waals surface area contributed by atoms with Crippen LogP contribution in [0.2, 0.25) is 0 Å². The molecule has 0 aliphatic carbocycles. The van der Waals surface area contributed by atoms with Crippen molar-refractivity contribution in [1.29, 1.82) is 0 Å². The summed E-state index contributed by atoms with van der Waals surface area (Å²) in [5.41, 5.74) is 2.81. The minimum Gasteiger partial charge on any atom is -0.273 e. The molecule has 0 heterocycles. The summed E-state index contributed by atoms with van der Waals surface area (Å²) in [5.74, 6) is -0.243. The average molecular weight is 225 g/mol. The van der Waals surface area contributed by atoms with E-state index in [9.17, 15) is 4.79 Å². The quantitative estimate of drug-likeness (QED) is 0.283. The van der Waals surface area contributed by atoms with E-state index in [-0.39, 0.29) is 5.91 Å². The van der Waals surface area contributed by atoms with Gasteiger partial charge in [-0.25, -0.2) is 5.48 Å². The summed E-state index contributed by atoms with van der Waals surface area (Å²) in [6.45, 7) is 7.78. The van der Waals surface area contributed by atoms with E-state index in [0.29, 0.717) is 12.2 Å². The van der Waals surface area contributed by atoms with Gasteiger partial charge in [0.25, 0.3) is 5.91 Å². The Kier molecular flexibility index (Phi) is 9.72. The maximum absolute atomic E-state index is 11.0. The maximum Gasteiger partial charge on any atom is 0.269 e. The predicted octanol–water partition coefficient (Wildman–Crippen LogP) is 3.14. The summed E-state index contributed by atoms with van der Waals surface area (Å²) in [4.78, 5) is 16.0. The molecule has 0 aromatic rings. The number of carbonyl (C=O) groups excluding carboxylic acids is 1. The van der Waals surface area contributed by atoms with Gasteiger partial charge in [0.2, 0.25) is 0 Å². The van der Waals surface area contributed by atoms with Crippen molar-refractivity contribution in [2.75, 3.05) is 6.61 Å². The lowest BCUT2D eigenvalue weighted by Crippen LogP contribution is -2.24. The van der Waals surface area contributed by atoms with Crippen molar-refractivity contribution in [3.63, 3.8) is 0 Å². The number of hydroxylamine groups is 1. The molecular formula is C13H23NO2. The molecule has 0 saturated carbocycles. The van der Waals surface area contributed by atoms with Gasteiger partial charge < -0.3 is 0 Å². The molecule has 16 heavy (non-hydrogen) atoms. The summed E-state index contributed by atoms with van der Waals surface area (Å²) in [7, 11) is 0. The van der Waals surface area contributed by atoms with Crippen molar-refractivity contribution in [1.82, 2.24) is 5.48 Å². The van der Waals surface area contributed by atoms with Crippen LogP contribution < -0.4 is 5.48 Å². The van der Waals surface area contributed by atoms with Crippen molar-refractivity contribution in [2.24, 2.45) is 0 Å². The Labute approximate surface area is 98.5 Å². The maximum atomic E-state index is 11.0. The van der Waals surface area contributed by atoms with Crippen LogP contribution in [0.15, 0.2) is 24.3 Å². The average Bonchev–Trinajstić information content (AvgIpc) is 2.26. The van der Waals surface area contributed by atoms with E-state index in [2.05, 4.69) is 24.2 Å². The Morgan fingerprint density at radius 2 is 2.00 bits per heavy atom. The molecule has 0 aromatic heterocycles. The molecule has 0 atom stereocenters. The van der Waals surface area contributed by atoms with Crippen LogP contribution in [-0.2, 0) is 9.63 Å². The molecule has 92 valence electrons.